The van der Waals surface area contributed by atoms with Crippen LogP contribution in [0.3, 0.4) is 0 Å². The summed E-state index contributed by atoms with van der Waals surface area (Å²) in [4.78, 5) is 12.2. The van der Waals surface area contributed by atoms with Gasteiger partial charge in [0, 0.05) is 12.0 Å². The number of carbonyl (C=O) groups excluding carboxylic acids is 1. The molecule has 4 aromatic rings. The van der Waals surface area contributed by atoms with E-state index in [0.717, 1.165) is 26.9 Å². The first kappa shape index (κ1) is 22.2. The zero-order valence-corrected chi connectivity index (χ0v) is 17.7. The molecule has 33 heavy (non-hydrogen) atoms. The highest BCUT2D eigenvalue weighted by Gasteiger charge is 2.32. The van der Waals surface area contributed by atoms with Crippen LogP contribution in [-0.4, -0.2) is 49.7 Å². The SMILES string of the molecule is COC(=O)c1c(Cc2ccc(-c3ccccc3-c3nn[nH]n3)cc2)nn(CC(F)(F)F)c1C. The van der Waals surface area contributed by atoms with Crippen LogP contribution in [-0.2, 0) is 17.7 Å². The number of methoxy groups -OCH3 is 1. The second kappa shape index (κ2) is 8.85. The Morgan fingerprint density at radius 3 is 2.39 bits per heavy atom. The number of esters is 1. The largest absolute Gasteiger partial charge is 0.465 e. The number of nitrogens with zero attached hydrogens (tertiary/aromatic N) is 5. The average molecular weight is 456 g/mol. The molecule has 4 rings (SSSR count). The molecule has 0 fully saturated rings. The van der Waals surface area contributed by atoms with Crippen LogP contribution in [0.25, 0.3) is 22.5 Å². The van der Waals surface area contributed by atoms with Gasteiger partial charge in [0.2, 0.25) is 5.82 Å². The number of H-pyrrole nitrogens is 1. The van der Waals surface area contributed by atoms with Gasteiger partial charge < -0.3 is 4.74 Å². The molecule has 0 bridgehead atoms. The van der Waals surface area contributed by atoms with E-state index in [1.807, 2.05) is 48.5 Å². The van der Waals surface area contributed by atoms with E-state index in [-0.39, 0.29) is 23.4 Å². The summed E-state index contributed by atoms with van der Waals surface area (Å²) in [5.41, 5.74) is 3.75. The van der Waals surface area contributed by atoms with Gasteiger partial charge in [0.1, 0.15) is 12.1 Å². The van der Waals surface area contributed by atoms with Gasteiger partial charge in [-0.2, -0.15) is 23.5 Å². The minimum absolute atomic E-state index is 0.0493. The van der Waals surface area contributed by atoms with Gasteiger partial charge in [-0.25, -0.2) is 4.79 Å². The highest BCUT2D eigenvalue weighted by Crippen LogP contribution is 2.30. The molecular weight excluding hydrogens is 437 g/mol. The fraction of sp³-hybridized carbons (Fsp3) is 0.227. The second-order valence-electron chi connectivity index (χ2n) is 7.33. The standard InChI is InChI=1S/C22H19F3N6O2/c1-13-19(21(32)33-2)18(28-31(13)12-22(23,24)25)11-14-7-9-15(10-8-14)16-5-3-4-6-17(16)20-26-29-30-27-20/h3-10H,11-12H2,1-2H3,(H,26,27,29,30). The number of nitrogens with one attached hydrogen (secondary N) is 1. The number of ether oxygens (including phenoxy) is 1. The average Bonchev–Trinajstić information content (AvgIpc) is 3.42. The molecule has 0 amide bonds. The van der Waals surface area contributed by atoms with Gasteiger partial charge in [0.05, 0.1) is 18.5 Å². The van der Waals surface area contributed by atoms with E-state index in [0.29, 0.717) is 5.82 Å². The molecule has 11 heteroatoms. The van der Waals surface area contributed by atoms with E-state index >= 15 is 0 Å². The molecule has 8 nitrogen and oxygen atoms in total. The van der Waals surface area contributed by atoms with Crippen molar-refractivity contribution < 1.29 is 22.7 Å². The van der Waals surface area contributed by atoms with E-state index in [4.69, 9.17) is 4.74 Å². The number of carbonyl (C=O) groups is 1. The van der Waals surface area contributed by atoms with E-state index in [2.05, 4.69) is 25.7 Å². The maximum Gasteiger partial charge on any atom is 0.408 e. The lowest BCUT2D eigenvalue weighted by atomic mass is 9.97. The minimum atomic E-state index is -4.46. The molecule has 1 N–H and O–H groups in total. The highest BCUT2D eigenvalue weighted by molar-refractivity contribution is 5.92. The lowest BCUT2D eigenvalue weighted by Crippen LogP contribution is -2.20. The first-order valence-electron chi connectivity index (χ1n) is 9.90. The monoisotopic (exact) mass is 456 g/mol. The van der Waals surface area contributed by atoms with Crippen molar-refractivity contribution in [3.8, 4) is 22.5 Å². The van der Waals surface area contributed by atoms with Crippen LogP contribution < -0.4 is 0 Å². The number of alkyl halides is 3. The molecule has 0 saturated carbocycles. The van der Waals surface area contributed by atoms with Crippen molar-refractivity contribution in [1.29, 1.82) is 0 Å². The summed E-state index contributed by atoms with van der Waals surface area (Å²) in [7, 11) is 1.18. The number of benzene rings is 2. The molecule has 0 unspecified atom stereocenters. The summed E-state index contributed by atoms with van der Waals surface area (Å²) in [6.45, 7) is 0.140. The number of halogens is 3. The molecule has 2 aromatic carbocycles. The van der Waals surface area contributed by atoms with Gasteiger partial charge in [0.15, 0.2) is 0 Å². The molecule has 0 aliphatic carbocycles. The van der Waals surface area contributed by atoms with Gasteiger partial charge in [0.25, 0.3) is 0 Å². The second-order valence-corrected chi connectivity index (χ2v) is 7.33. The zero-order valence-electron chi connectivity index (χ0n) is 17.7. The summed E-state index contributed by atoms with van der Waals surface area (Å²) in [6, 6.07) is 15.0. The van der Waals surface area contributed by atoms with Crippen LogP contribution in [0.4, 0.5) is 13.2 Å². The quantitative estimate of drug-likeness (QED) is 0.441. The van der Waals surface area contributed by atoms with Gasteiger partial charge >= 0.3 is 12.1 Å². The fourth-order valence-corrected chi connectivity index (χ4v) is 3.62. The Kier molecular flexibility index (Phi) is 5.95. The van der Waals surface area contributed by atoms with Gasteiger partial charge in [-0.3, -0.25) is 4.68 Å². The van der Waals surface area contributed by atoms with Crippen molar-refractivity contribution in [1.82, 2.24) is 30.4 Å². The topological polar surface area (TPSA) is 98.6 Å². The van der Waals surface area contributed by atoms with E-state index in [1.54, 1.807) is 0 Å². The number of tetrazole rings is 1. The lowest BCUT2D eigenvalue weighted by molar-refractivity contribution is -0.143. The number of rotatable bonds is 6. The molecule has 0 radical (unpaired) electrons. The maximum absolute atomic E-state index is 12.9. The molecule has 2 heterocycles. The molecule has 0 aliphatic heterocycles. The maximum atomic E-state index is 12.9. The smallest absolute Gasteiger partial charge is 0.408 e. The highest BCUT2D eigenvalue weighted by atomic mass is 19.4. The van der Waals surface area contributed by atoms with Crippen molar-refractivity contribution in [3.63, 3.8) is 0 Å². The summed E-state index contributed by atoms with van der Waals surface area (Å²) < 4.78 is 44.3. The molecule has 0 spiro atoms. The Labute approximate surface area is 186 Å². The first-order valence-corrected chi connectivity index (χ1v) is 9.90. The van der Waals surface area contributed by atoms with Crippen LogP contribution in [0, 0.1) is 6.92 Å². The van der Waals surface area contributed by atoms with Crippen LogP contribution in [0.1, 0.15) is 27.3 Å². The van der Waals surface area contributed by atoms with E-state index in [9.17, 15) is 18.0 Å². The van der Waals surface area contributed by atoms with E-state index in [1.165, 1.54) is 14.0 Å². The molecule has 0 aliphatic rings. The Hall–Kier alpha value is -4.02. The normalized spacial score (nSPS) is 11.5. The Morgan fingerprint density at radius 2 is 1.79 bits per heavy atom. The fourth-order valence-electron chi connectivity index (χ4n) is 3.62. The Morgan fingerprint density at radius 1 is 1.09 bits per heavy atom. The van der Waals surface area contributed by atoms with Crippen LogP contribution in [0.15, 0.2) is 48.5 Å². The predicted octanol–water partition coefficient (Wildman–Crippen LogP) is 3.98. The Bertz CT molecular complexity index is 1260. The lowest BCUT2D eigenvalue weighted by Gasteiger charge is -2.08. The number of hydrogen-bond donors (Lipinski definition) is 1. The minimum Gasteiger partial charge on any atom is -0.465 e. The first-order chi connectivity index (χ1) is 15.8. The van der Waals surface area contributed by atoms with E-state index < -0.39 is 18.7 Å². The summed E-state index contributed by atoms with van der Waals surface area (Å²) >= 11 is 0. The molecular formula is C22H19F3N6O2. The van der Waals surface area contributed by atoms with Gasteiger partial charge in [-0.05, 0) is 28.8 Å². The summed E-state index contributed by atoms with van der Waals surface area (Å²) in [5, 5.41) is 18.2. The third-order valence-corrected chi connectivity index (χ3v) is 5.15. The molecule has 2 aromatic heterocycles. The molecule has 170 valence electrons. The van der Waals surface area contributed by atoms with Crippen molar-refractivity contribution in [2.45, 2.75) is 26.1 Å². The Balaban J connectivity index is 1.64. The van der Waals surface area contributed by atoms with Crippen molar-refractivity contribution in [2.24, 2.45) is 0 Å². The number of aromatic nitrogens is 6. The van der Waals surface area contributed by atoms with Crippen molar-refractivity contribution >= 4 is 5.97 Å². The molecule has 0 saturated heterocycles. The number of aromatic amines is 1. The summed E-state index contributed by atoms with van der Waals surface area (Å²) in [6.07, 6.45) is -4.29. The predicted molar refractivity (Wildman–Crippen MR) is 112 cm³/mol. The third-order valence-electron chi connectivity index (χ3n) is 5.15. The van der Waals surface area contributed by atoms with Crippen LogP contribution in [0.5, 0.6) is 0 Å². The zero-order chi connectivity index (χ0) is 23.6. The van der Waals surface area contributed by atoms with Crippen molar-refractivity contribution in [2.75, 3.05) is 7.11 Å². The number of hydrogen-bond acceptors (Lipinski definition) is 6. The van der Waals surface area contributed by atoms with Gasteiger partial charge in [-0.15, -0.1) is 10.2 Å². The third kappa shape index (κ3) is 4.76. The van der Waals surface area contributed by atoms with Gasteiger partial charge in [-0.1, -0.05) is 48.5 Å². The van der Waals surface area contributed by atoms with Crippen molar-refractivity contribution in [3.05, 3.63) is 71.0 Å². The summed E-state index contributed by atoms with van der Waals surface area (Å²) in [5.74, 6) is -0.260. The van der Waals surface area contributed by atoms with Crippen LogP contribution in [0.2, 0.25) is 0 Å². The van der Waals surface area contributed by atoms with Crippen LogP contribution >= 0.6 is 0 Å². The molecule has 0 atom stereocenters.